The van der Waals surface area contributed by atoms with Crippen molar-refractivity contribution < 1.29 is 0 Å². The first kappa shape index (κ1) is 11.3. The highest BCUT2D eigenvalue weighted by molar-refractivity contribution is 5.87. The largest absolute Gasteiger partial charge is 0.367 e. The lowest BCUT2D eigenvalue weighted by atomic mass is 9.80. The minimum atomic E-state index is 0.441. The molecule has 3 rings (SSSR count). The smallest absolute Gasteiger partial charge is 0.226 e. The number of fused-ring (bicyclic) bond motifs is 1. The van der Waals surface area contributed by atoms with Gasteiger partial charge in [0.2, 0.25) is 5.95 Å². The summed E-state index contributed by atoms with van der Waals surface area (Å²) in [4.78, 5) is 8.80. The number of rotatable bonds is 4. The zero-order valence-electron chi connectivity index (χ0n) is 10.7. The molecule has 6 heteroatoms. The van der Waals surface area contributed by atoms with Gasteiger partial charge >= 0.3 is 0 Å². The van der Waals surface area contributed by atoms with E-state index in [2.05, 4.69) is 37.7 Å². The van der Waals surface area contributed by atoms with Crippen LogP contribution in [0, 0.1) is 5.92 Å². The van der Waals surface area contributed by atoms with E-state index in [1.807, 2.05) is 7.05 Å². The first-order valence-electron chi connectivity index (χ1n) is 6.43. The number of aromatic nitrogens is 4. The van der Waals surface area contributed by atoms with Gasteiger partial charge in [-0.1, -0.05) is 6.42 Å². The second kappa shape index (κ2) is 4.44. The fourth-order valence-corrected chi connectivity index (χ4v) is 2.33. The lowest BCUT2D eigenvalue weighted by Crippen LogP contribution is -2.31. The molecule has 96 valence electrons. The molecule has 1 aliphatic rings. The van der Waals surface area contributed by atoms with Gasteiger partial charge in [-0.25, -0.2) is 0 Å². The molecule has 1 aliphatic carbocycles. The second-order valence-corrected chi connectivity index (χ2v) is 4.90. The monoisotopic (exact) mass is 246 g/mol. The molecule has 1 unspecified atom stereocenters. The Labute approximate surface area is 106 Å². The lowest BCUT2D eigenvalue weighted by molar-refractivity contribution is 0.285. The number of anilines is 2. The molecule has 0 radical (unpaired) electrons. The molecule has 18 heavy (non-hydrogen) atoms. The van der Waals surface area contributed by atoms with Crippen LogP contribution < -0.4 is 10.6 Å². The van der Waals surface area contributed by atoms with Gasteiger partial charge in [0, 0.05) is 13.1 Å². The number of hydrogen-bond donors (Lipinski definition) is 3. The van der Waals surface area contributed by atoms with Crippen LogP contribution >= 0.6 is 0 Å². The van der Waals surface area contributed by atoms with E-state index in [0.717, 1.165) is 22.8 Å². The molecule has 0 aliphatic heterocycles. The van der Waals surface area contributed by atoms with Gasteiger partial charge in [0.25, 0.3) is 0 Å². The summed E-state index contributed by atoms with van der Waals surface area (Å²) in [5.74, 6) is 2.23. The molecule has 2 aromatic heterocycles. The Morgan fingerprint density at radius 3 is 2.89 bits per heavy atom. The van der Waals surface area contributed by atoms with Gasteiger partial charge in [-0.05, 0) is 25.7 Å². The number of hydrogen-bond acceptors (Lipinski definition) is 5. The highest BCUT2D eigenvalue weighted by Gasteiger charge is 2.24. The molecule has 1 fully saturated rings. The topological polar surface area (TPSA) is 78.5 Å². The van der Waals surface area contributed by atoms with Gasteiger partial charge < -0.3 is 10.6 Å². The minimum absolute atomic E-state index is 0.441. The third kappa shape index (κ3) is 1.87. The van der Waals surface area contributed by atoms with Gasteiger partial charge in [0.05, 0.1) is 11.6 Å². The van der Waals surface area contributed by atoms with E-state index in [4.69, 9.17) is 0 Å². The third-order valence-electron chi connectivity index (χ3n) is 3.75. The molecule has 2 aromatic rings. The van der Waals surface area contributed by atoms with Gasteiger partial charge in [-0.15, -0.1) is 0 Å². The molecule has 0 saturated heterocycles. The van der Waals surface area contributed by atoms with Crippen molar-refractivity contribution in [2.24, 2.45) is 5.92 Å². The Morgan fingerprint density at radius 2 is 2.22 bits per heavy atom. The average Bonchev–Trinajstić information content (AvgIpc) is 2.74. The molecule has 6 nitrogen and oxygen atoms in total. The maximum Gasteiger partial charge on any atom is 0.226 e. The summed E-state index contributed by atoms with van der Waals surface area (Å²) >= 11 is 0. The van der Waals surface area contributed by atoms with Crippen LogP contribution in [0.4, 0.5) is 11.8 Å². The molecule has 2 heterocycles. The molecule has 3 N–H and O–H groups in total. The van der Waals surface area contributed by atoms with E-state index < -0.39 is 0 Å². The Bertz CT molecular complexity index is 544. The lowest BCUT2D eigenvalue weighted by Gasteiger charge is -2.32. The number of nitrogens with one attached hydrogen (secondary N) is 3. The molecule has 1 saturated carbocycles. The normalized spacial score (nSPS) is 17.4. The van der Waals surface area contributed by atoms with E-state index in [1.54, 1.807) is 6.20 Å². The molecular weight excluding hydrogens is 228 g/mol. The summed E-state index contributed by atoms with van der Waals surface area (Å²) in [5.41, 5.74) is 0.762. The first-order chi connectivity index (χ1) is 8.78. The molecule has 1 atom stereocenters. The van der Waals surface area contributed by atoms with Gasteiger partial charge in [0.15, 0.2) is 5.65 Å². The standard InChI is InChI=1S/C12H18N6/c1-7(8-4-3-5-8)15-10-9-6-14-18-11(9)17-12(13-2)16-10/h6-8H,3-5H2,1-2H3,(H3,13,14,15,16,17,18). The summed E-state index contributed by atoms with van der Waals surface area (Å²) in [6.07, 6.45) is 5.74. The van der Waals surface area contributed by atoms with Crippen LogP contribution in [0.2, 0.25) is 0 Å². The fraction of sp³-hybridized carbons (Fsp3) is 0.583. The average molecular weight is 246 g/mol. The fourth-order valence-electron chi connectivity index (χ4n) is 2.33. The first-order valence-corrected chi connectivity index (χ1v) is 6.43. The summed E-state index contributed by atoms with van der Waals surface area (Å²) < 4.78 is 0. The quantitative estimate of drug-likeness (QED) is 0.769. The van der Waals surface area contributed by atoms with Crippen LogP contribution in [-0.4, -0.2) is 33.3 Å². The molecular formula is C12H18N6. The van der Waals surface area contributed by atoms with Crippen molar-refractivity contribution in [1.82, 2.24) is 20.2 Å². The van der Waals surface area contributed by atoms with Crippen molar-refractivity contribution in [2.45, 2.75) is 32.2 Å². The predicted octanol–water partition coefficient (Wildman–Crippen LogP) is 2.00. The van der Waals surface area contributed by atoms with Gasteiger partial charge in [-0.3, -0.25) is 5.10 Å². The van der Waals surface area contributed by atoms with Crippen molar-refractivity contribution in [3.63, 3.8) is 0 Å². The van der Waals surface area contributed by atoms with Crippen LogP contribution in [0.15, 0.2) is 6.20 Å². The highest BCUT2D eigenvalue weighted by Crippen LogP contribution is 2.31. The van der Waals surface area contributed by atoms with Gasteiger partial charge in [0.1, 0.15) is 5.82 Å². The Hall–Kier alpha value is -1.85. The van der Waals surface area contributed by atoms with Crippen molar-refractivity contribution >= 4 is 22.8 Å². The maximum atomic E-state index is 4.48. The molecule has 0 amide bonds. The number of H-pyrrole nitrogens is 1. The third-order valence-corrected chi connectivity index (χ3v) is 3.75. The Morgan fingerprint density at radius 1 is 1.39 bits per heavy atom. The van der Waals surface area contributed by atoms with Crippen LogP contribution in [0.25, 0.3) is 11.0 Å². The predicted molar refractivity (Wildman–Crippen MR) is 71.7 cm³/mol. The molecule has 0 bridgehead atoms. The summed E-state index contributed by atoms with van der Waals surface area (Å²) in [6, 6.07) is 0.441. The Balaban J connectivity index is 1.91. The highest BCUT2D eigenvalue weighted by atomic mass is 15.2. The van der Waals surface area contributed by atoms with Crippen molar-refractivity contribution in [1.29, 1.82) is 0 Å². The van der Waals surface area contributed by atoms with Crippen molar-refractivity contribution in [3.8, 4) is 0 Å². The summed E-state index contributed by atoms with van der Waals surface area (Å²) in [5, 5.41) is 14.3. The van der Waals surface area contributed by atoms with Crippen molar-refractivity contribution in [3.05, 3.63) is 6.20 Å². The summed E-state index contributed by atoms with van der Waals surface area (Å²) in [7, 11) is 1.82. The minimum Gasteiger partial charge on any atom is -0.367 e. The van der Waals surface area contributed by atoms with E-state index in [0.29, 0.717) is 12.0 Å². The van der Waals surface area contributed by atoms with E-state index in [9.17, 15) is 0 Å². The van der Waals surface area contributed by atoms with Crippen LogP contribution in [-0.2, 0) is 0 Å². The summed E-state index contributed by atoms with van der Waals surface area (Å²) in [6.45, 7) is 2.22. The number of aromatic amines is 1. The van der Waals surface area contributed by atoms with E-state index >= 15 is 0 Å². The SMILES string of the molecule is CNc1nc(NC(C)C2CCC2)c2cn[nH]c2n1. The van der Waals surface area contributed by atoms with E-state index in [-0.39, 0.29) is 0 Å². The molecule has 0 aromatic carbocycles. The van der Waals surface area contributed by atoms with Crippen molar-refractivity contribution in [2.75, 3.05) is 17.7 Å². The zero-order chi connectivity index (χ0) is 12.5. The van der Waals surface area contributed by atoms with Gasteiger partial charge in [-0.2, -0.15) is 15.1 Å². The number of nitrogens with zero attached hydrogens (tertiary/aromatic N) is 3. The van der Waals surface area contributed by atoms with E-state index in [1.165, 1.54) is 19.3 Å². The van der Waals surface area contributed by atoms with Crippen LogP contribution in [0.1, 0.15) is 26.2 Å². The maximum absolute atomic E-state index is 4.48. The Kier molecular flexibility index (Phi) is 2.77. The zero-order valence-corrected chi connectivity index (χ0v) is 10.7. The molecule has 0 spiro atoms. The van der Waals surface area contributed by atoms with Crippen LogP contribution in [0.5, 0.6) is 0 Å². The van der Waals surface area contributed by atoms with Crippen LogP contribution in [0.3, 0.4) is 0 Å². The second-order valence-electron chi connectivity index (χ2n) is 4.90.